The maximum Gasteiger partial charge on any atom is 0.340 e. The summed E-state index contributed by atoms with van der Waals surface area (Å²) in [5.74, 6) is -2.66. The van der Waals surface area contributed by atoms with E-state index >= 15 is 0 Å². The van der Waals surface area contributed by atoms with E-state index < -0.39 is 35.0 Å². The van der Waals surface area contributed by atoms with Crippen molar-refractivity contribution >= 4 is 58.0 Å². The van der Waals surface area contributed by atoms with E-state index in [2.05, 4.69) is 5.32 Å². The van der Waals surface area contributed by atoms with E-state index in [4.69, 9.17) is 27.9 Å². The molecule has 0 fully saturated rings. The summed E-state index contributed by atoms with van der Waals surface area (Å²) in [4.78, 5) is 60.5. The lowest BCUT2D eigenvalue weighted by Gasteiger charge is -2.19. The van der Waals surface area contributed by atoms with E-state index in [9.17, 15) is 29.3 Å². The lowest BCUT2D eigenvalue weighted by atomic mass is 9.83. The summed E-state index contributed by atoms with van der Waals surface area (Å²) in [6.45, 7) is -0.727. The molecule has 0 bridgehead atoms. The van der Waals surface area contributed by atoms with Gasteiger partial charge in [0.05, 0.1) is 31.8 Å². The van der Waals surface area contributed by atoms with Crippen LogP contribution in [0.25, 0.3) is 0 Å². The van der Waals surface area contributed by atoms with Crippen LogP contribution in [0.5, 0.6) is 0 Å². The molecule has 1 aliphatic rings. The number of hydrogen-bond donors (Lipinski definition) is 1. The molecule has 9 nitrogen and oxygen atoms in total. The van der Waals surface area contributed by atoms with Gasteiger partial charge in [0.2, 0.25) is 0 Å². The zero-order valence-corrected chi connectivity index (χ0v) is 18.5. The molecule has 0 aromatic heterocycles. The minimum Gasteiger partial charge on any atom is -0.452 e. The highest BCUT2D eigenvalue weighted by atomic mass is 35.5. The van der Waals surface area contributed by atoms with Crippen LogP contribution in [0.3, 0.4) is 0 Å². The molecule has 0 aliphatic heterocycles. The highest BCUT2D eigenvalue weighted by molar-refractivity contribution is 6.41. The number of carbonyl (C=O) groups excluding carboxylic acids is 4. The predicted molar refractivity (Wildman–Crippen MR) is 122 cm³/mol. The van der Waals surface area contributed by atoms with E-state index in [1.54, 1.807) is 12.1 Å². The van der Waals surface area contributed by atoms with Gasteiger partial charge in [0.1, 0.15) is 0 Å². The Bertz CT molecular complexity index is 1420. The molecule has 0 saturated heterocycles. The number of nitrogens with one attached hydrogen (secondary N) is 1. The number of anilines is 1. The predicted octanol–water partition coefficient (Wildman–Crippen LogP) is 4.47. The van der Waals surface area contributed by atoms with Crippen LogP contribution < -0.4 is 5.32 Å². The second kappa shape index (κ2) is 9.05. The summed E-state index contributed by atoms with van der Waals surface area (Å²) in [5.41, 5.74) is 0.00891. The molecule has 1 N–H and O–H groups in total. The number of halogens is 2. The summed E-state index contributed by atoms with van der Waals surface area (Å²) in [6.07, 6.45) is 0. The molecule has 3 aromatic carbocycles. The molecule has 34 heavy (non-hydrogen) atoms. The first-order valence-corrected chi connectivity index (χ1v) is 10.4. The molecule has 1 aliphatic carbocycles. The highest BCUT2D eigenvalue weighted by Crippen LogP contribution is 2.34. The van der Waals surface area contributed by atoms with Gasteiger partial charge in [0, 0.05) is 28.8 Å². The molecular weight excluding hydrogens is 487 g/mol. The Hall–Kier alpha value is -4.08. The number of benzene rings is 3. The van der Waals surface area contributed by atoms with Crippen molar-refractivity contribution in [2.45, 2.75) is 0 Å². The number of nitro benzene ring substituents is 1. The fourth-order valence-electron chi connectivity index (χ4n) is 3.42. The second-order valence-corrected chi connectivity index (χ2v) is 7.88. The summed E-state index contributed by atoms with van der Waals surface area (Å²) in [6, 6.07) is 12.3. The van der Waals surface area contributed by atoms with Crippen molar-refractivity contribution in [1.82, 2.24) is 0 Å². The molecule has 11 heteroatoms. The molecule has 0 atom stereocenters. The first-order valence-electron chi connectivity index (χ1n) is 9.61. The number of rotatable bonds is 5. The van der Waals surface area contributed by atoms with Gasteiger partial charge in [-0.2, -0.15) is 0 Å². The fourth-order valence-corrected chi connectivity index (χ4v) is 3.97. The van der Waals surface area contributed by atoms with E-state index in [1.165, 1.54) is 30.3 Å². The van der Waals surface area contributed by atoms with Gasteiger partial charge in [-0.25, -0.2) is 4.79 Å². The minimum absolute atomic E-state index is 0.0656. The number of non-ortho nitro benzene ring substituents is 1. The lowest BCUT2D eigenvalue weighted by Crippen LogP contribution is -2.24. The van der Waals surface area contributed by atoms with Crippen LogP contribution in [-0.4, -0.2) is 35.0 Å². The third-order valence-electron chi connectivity index (χ3n) is 5.02. The maximum atomic E-state index is 12.9. The smallest absolute Gasteiger partial charge is 0.340 e. The molecule has 0 heterocycles. The largest absolute Gasteiger partial charge is 0.452 e. The van der Waals surface area contributed by atoms with Gasteiger partial charge in [-0.15, -0.1) is 0 Å². The van der Waals surface area contributed by atoms with Crippen LogP contribution in [0.15, 0.2) is 54.6 Å². The van der Waals surface area contributed by atoms with Crippen LogP contribution in [0.4, 0.5) is 11.4 Å². The third kappa shape index (κ3) is 4.14. The van der Waals surface area contributed by atoms with Gasteiger partial charge in [-0.1, -0.05) is 47.5 Å². The van der Waals surface area contributed by atoms with E-state index in [0.29, 0.717) is 0 Å². The van der Waals surface area contributed by atoms with Gasteiger partial charge in [0.15, 0.2) is 18.2 Å². The number of hydrogen-bond acceptors (Lipinski definition) is 7. The van der Waals surface area contributed by atoms with E-state index in [1.807, 2.05) is 0 Å². The molecule has 170 valence electrons. The molecule has 3 aromatic rings. The monoisotopic (exact) mass is 498 g/mol. The van der Waals surface area contributed by atoms with Gasteiger partial charge in [0.25, 0.3) is 11.6 Å². The van der Waals surface area contributed by atoms with Crippen molar-refractivity contribution in [3.8, 4) is 0 Å². The Morgan fingerprint density at radius 3 is 2.26 bits per heavy atom. The Morgan fingerprint density at radius 1 is 0.941 bits per heavy atom. The van der Waals surface area contributed by atoms with Gasteiger partial charge >= 0.3 is 5.97 Å². The average molecular weight is 499 g/mol. The first-order chi connectivity index (χ1) is 16.2. The zero-order valence-electron chi connectivity index (χ0n) is 17.0. The average Bonchev–Trinajstić information content (AvgIpc) is 2.82. The summed E-state index contributed by atoms with van der Waals surface area (Å²) >= 11 is 12.2. The van der Waals surface area contributed by atoms with Gasteiger partial charge < -0.3 is 10.1 Å². The number of ketones is 2. The van der Waals surface area contributed by atoms with Crippen LogP contribution in [-0.2, 0) is 9.53 Å². The van der Waals surface area contributed by atoms with Crippen LogP contribution in [0.2, 0.25) is 10.0 Å². The van der Waals surface area contributed by atoms with E-state index in [-0.39, 0.29) is 49.2 Å². The van der Waals surface area contributed by atoms with Crippen molar-refractivity contribution in [1.29, 1.82) is 0 Å². The van der Waals surface area contributed by atoms with Crippen LogP contribution in [0, 0.1) is 10.1 Å². The van der Waals surface area contributed by atoms with Crippen LogP contribution in [0.1, 0.15) is 42.2 Å². The molecule has 0 spiro atoms. The number of ether oxygens (including phenoxy) is 1. The van der Waals surface area contributed by atoms with Crippen molar-refractivity contribution < 1.29 is 28.8 Å². The number of fused-ring (bicyclic) bond motifs is 2. The number of carbonyl (C=O) groups is 4. The van der Waals surface area contributed by atoms with Crippen molar-refractivity contribution in [2.24, 2.45) is 0 Å². The number of nitro groups is 1. The minimum atomic E-state index is -0.989. The first kappa shape index (κ1) is 23.1. The van der Waals surface area contributed by atoms with Crippen LogP contribution >= 0.6 is 23.2 Å². The second-order valence-electron chi connectivity index (χ2n) is 7.10. The Balaban J connectivity index is 1.49. The summed E-state index contributed by atoms with van der Waals surface area (Å²) in [5, 5.41) is 12.8. The fraction of sp³-hybridized carbons (Fsp3) is 0.0435. The SMILES string of the molecule is O=C(COC(=O)c1ccc2c(c1Cl)C(=O)c1ccccc1C2=O)Nc1ccc([N+](=O)[O-])cc1Cl. The third-order valence-corrected chi connectivity index (χ3v) is 5.73. The van der Waals surface area contributed by atoms with Gasteiger partial charge in [-0.3, -0.25) is 24.5 Å². The zero-order chi connectivity index (χ0) is 24.6. The highest BCUT2D eigenvalue weighted by Gasteiger charge is 2.33. The number of amides is 1. The maximum absolute atomic E-state index is 12.9. The summed E-state index contributed by atoms with van der Waals surface area (Å²) in [7, 11) is 0. The topological polar surface area (TPSA) is 133 Å². The normalized spacial score (nSPS) is 11.9. The lowest BCUT2D eigenvalue weighted by molar-refractivity contribution is -0.384. The molecule has 0 saturated carbocycles. The molecule has 4 rings (SSSR count). The van der Waals surface area contributed by atoms with Gasteiger partial charge in [-0.05, 0) is 18.2 Å². The van der Waals surface area contributed by atoms with Crippen molar-refractivity contribution in [3.63, 3.8) is 0 Å². The number of nitrogens with zero attached hydrogens (tertiary/aromatic N) is 1. The quantitative estimate of drug-likeness (QED) is 0.243. The van der Waals surface area contributed by atoms with E-state index in [0.717, 1.165) is 12.1 Å². The van der Waals surface area contributed by atoms with Crippen molar-refractivity contribution in [2.75, 3.05) is 11.9 Å². The Labute approximate surface area is 201 Å². The molecular formula is C23H12Cl2N2O7. The Morgan fingerprint density at radius 2 is 1.62 bits per heavy atom. The summed E-state index contributed by atoms with van der Waals surface area (Å²) < 4.78 is 4.98. The molecule has 1 amide bonds. The standard InChI is InChI=1S/C23H12Cl2N2O7/c24-16-9-11(27(32)33)5-8-17(16)26-18(28)10-34-23(31)15-7-6-14-19(20(15)25)22(30)13-4-2-1-3-12(13)21(14)29/h1-9H,10H2,(H,26,28). The molecule has 0 radical (unpaired) electrons. The van der Waals surface area contributed by atoms with Crippen molar-refractivity contribution in [3.05, 3.63) is 103 Å². The Kier molecular flexibility index (Phi) is 6.14. The number of esters is 1. The molecule has 0 unspecified atom stereocenters.